The van der Waals surface area contributed by atoms with E-state index in [1.54, 1.807) is 56.7 Å². The van der Waals surface area contributed by atoms with E-state index in [2.05, 4.69) is 0 Å². The summed E-state index contributed by atoms with van der Waals surface area (Å²) < 4.78 is 21.3. The highest BCUT2D eigenvalue weighted by Gasteiger charge is 2.24. The molecule has 152 valence electrons. The van der Waals surface area contributed by atoms with E-state index in [9.17, 15) is 14.0 Å². The van der Waals surface area contributed by atoms with Crippen LogP contribution in [0.3, 0.4) is 0 Å². The number of hydrogen-bond acceptors (Lipinski definition) is 3. The van der Waals surface area contributed by atoms with Crippen LogP contribution in [0.25, 0.3) is 10.9 Å². The van der Waals surface area contributed by atoms with Crippen LogP contribution < -0.4 is 0 Å². The van der Waals surface area contributed by atoms with Crippen molar-refractivity contribution >= 4 is 22.8 Å². The van der Waals surface area contributed by atoms with Gasteiger partial charge in [0.2, 0.25) is 0 Å². The second-order valence-electron chi connectivity index (χ2n) is 8.01. The molecule has 1 heterocycles. The molecule has 0 radical (unpaired) electrons. The molecule has 0 atom stereocenters. The van der Waals surface area contributed by atoms with Crippen molar-refractivity contribution in [3.8, 4) is 0 Å². The lowest BCUT2D eigenvalue weighted by molar-refractivity contribution is -0.155. The maximum Gasteiger partial charge on any atom is 0.326 e. The van der Waals surface area contributed by atoms with Crippen molar-refractivity contribution in [1.29, 1.82) is 0 Å². The summed E-state index contributed by atoms with van der Waals surface area (Å²) in [6.07, 6.45) is 0. The number of benzene rings is 2. The Balaban J connectivity index is 1.93. The smallest absolute Gasteiger partial charge is 0.326 e. The van der Waals surface area contributed by atoms with Gasteiger partial charge in [-0.2, -0.15) is 0 Å². The number of carbonyl (C=O) groups is 2. The van der Waals surface area contributed by atoms with Crippen LogP contribution in [0.15, 0.2) is 54.6 Å². The average Bonchev–Trinajstić information content (AvgIpc) is 3.00. The number of hydrogen-bond donors (Lipinski definition) is 0. The summed E-state index contributed by atoms with van der Waals surface area (Å²) >= 11 is 0. The summed E-state index contributed by atoms with van der Waals surface area (Å²) in [5.74, 6) is -1.14. The summed E-state index contributed by atoms with van der Waals surface area (Å²) in [5.41, 5.74) is 1.07. The van der Waals surface area contributed by atoms with Crippen molar-refractivity contribution in [3.05, 3.63) is 71.7 Å². The predicted molar refractivity (Wildman–Crippen MR) is 110 cm³/mol. The minimum atomic E-state index is -0.624. The fourth-order valence-corrected chi connectivity index (χ4v) is 3.19. The van der Waals surface area contributed by atoms with Gasteiger partial charge in [-0.25, -0.2) is 4.39 Å². The van der Waals surface area contributed by atoms with Gasteiger partial charge in [0, 0.05) is 23.5 Å². The number of ether oxygens (including phenoxy) is 1. The van der Waals surface area contributed by atoms with Crippen molar-refractivity contribution in [3.63, 3.8) is 0 Å². The van der Waals surface area contributed by atoms with Gasteiger partial charge in [-0.3, -0.25) is 9.59 Å². The number of esters is 1. The quantitative estimate of drug-likeness (QED) is 0.606. The SMILES string of the molecule is CN(CC(=O)OC(C)(C)C)C(=O)c1cc2ccccc2n1Cc1ccccc1F. The first-order chi connectivity index (χ1) is 13.7. The topological polar surface area (TPSA) is 51.5 Å². The maximum atomic E-state index is 14.2. The highest BCUT2D eigenvalue weighted by atomic mass is 19.1. The molecule has 0 bridgehead atoms. The number of nitrogens with zero attached hydrogens (tertiary/aromatic N) is 2. The Bertz CT molecular complexity index is 1050. The molecule has 5 nitrogen and oxygen atoms in total. The fourth-order valence-electron chi connectivity index (χ4n) is 3.19. The summed E-state index contributed by atoms with van der Waals surface area (Å²) in [7, 11) is 1.55. The molecule has 0 saturated carbocycles. The van der Waals surface area contributed by atoms with Gasteiger partial charge < -0.3 is 14.2 Å². The molecule has 0 spiro atoms. The first-order valence-electron chi connectivity index (χ1n) is 9.45. The third kappa shape index (κ3) is 4.83. The van der Waals surface area contributed by atoms with E-state index < -0.39 is 11.6 Å². The number of aromatic nitrogens is 1. The van der Waals surface area contributed by atoms with Crippen LogP contribution in [0.4, 0.5) is 4.39 Å². The Kier molecular flexibility index (Phi) is 5.73. The first kappa shape index (κ1) is 20.6. The molecule has 0 aliphatic rings. The molecule has 3 rings (SSSR count). The van der Waals surface area contributed by atoms with E-state index >= 15 is 0 Å². The number of fused-ring (bicyclic) bond motifs is 1. The number of para-hydroxylation sites is 1. The van der Waals surface area contributed by atoms with Gasteiger partial charge in [-0.05, 0) is 39.0 Å². The zero-order valence-corrected chi connectivity index (χ0v) is 17.1. The lowest BCUT2D eigenvalue weighted by Crippen LogP contribution is -2.37. The zero-order valence-electron chi connectivity index (χ0n) is 17.1. The number of carbonyl (C=O) groups excluding carboxylic acids is 2. The van der Waals surface area contributed by atoms with Gasteiger partial charge in [0.15, 0.2) is 0 Å². The van der Waals surface area contributed by atoms with Crippen LogP contribution in [0.1, 0.15) is 36.8 Å². The van der Waals surface area contributed by atoms with Crippen molar-refractivity contribution in [2.45, 2.75) is 32.9 Å². The van der Waals surface area contributed by atoms with Gasteiger partial charge >= 0.3 is 5.97 Å². The van der Waals surface area contributed by atoms with Crippen LogP contribution in [-0.2, 0) is 16.1 Å². The summed E-state index contributed by atoms with van der Waals surface area (Å²) in [4.78, 5) is 26.6. The Hall–Kier alpha value is -3.15. The lowest BCUT2D eigenvalue weighted by Gasteiger charge is -2.23. The van der Waals surface area contributed by atoms with Gasteiger partial charge in [0.25, 0.3) is 5.91 Å². The summed E-state index contributed by atoms with van der Waals surface area (Å²) in [5, 5.41) is 0.873. The first-order valence-corrected chi connectivity index (χ1v) is 9.45. The highest BCUT2D eigenvalue weighted by molar-refractivity contribution is 5.99. The predicted octanol–water partition coefficient (Wildman–Crippen LogP) is 4.24. The third-order valence-electron chi connectivity index (χ3n) is 4.45. The Morgan fingerprint density at radius 3 is 2.41 bits per heavy atom. The van der Waals surface area contributed by atoms with Crippen molar-refractivity contribution in [2.24, 2.45) is 0 Å². The average molecular weight is 396 g/mol. The second-order valence-corrected chi connectivity index (χ2v) is 8.01. The molecule has 0 fully saturated rings. The molecule has 6 heteroatoms. The lowest BCUT2D eigenvalue weighted by atomic mass is 10.2. The number of likely N-dealkylation sites (N-methyl/N-ethyl adjacent to an activating group) is 1. The van der Waals surface area contributed by atoms with E-state index in [0.717, 1.165) is 10.9 Å². The minimum absolute atomic E-state index is 0.169. The molecule has 1 aromatic heterocycles. The fraction of sp³-hybridized carbons (Fsp3) is 0.304. The molecule has 29 heavy (non-hydrogen) atoms. The largest absolute Gasteiger partial charge is 0.459 e. The van der Waals surface area contributed by atoms with Gasteiger partial charge in [0.1, 0.15) is 23.7 Å². The monoisotopic (exact) mass is 396 g/mol. The van der Waals surface area contributed by atoms with E-state index in [-0.39, 0.29) is 24.8 Å². The summed E-state index contributed by atoms with van der Waals surface area (Å²) in [6.45, 7) is 5.37. The zero-order chi connectivity index (χ0) is 21.2. The number of halogens is 1. The Morgan fingerprint density at radius 1 is 1.07 bits per heavy atom. The van der Waals surface area contributed by atoms with Gasteiger partial charge in [-0.15, -0.1) is 0 Å². The normalized spacial score (nSPS) is 11.5. The molecule has 0 saturated heterocycles. The highest BCUT2D eigenvalue weighted by Crippen LogP contribution is 2.23. The third-order valence-corrected chi connectivity index (χ3v) is 4.45. The summed E-state index contributed by atoms with van der Waals surface area (Å²) in [6, 6.07) is 15.8. The molecular formula is C23H25FN2O3. The van der Waals surface area contributed by atoms with Crippen LogP contribution in [0.5, 0.6) is 0 Å². The standard InChI is InChI=1S/C23H25FN2O3/c1-23(2,3)29-21(27)15-25(4)22(28)20-13-16-9-6-8-12-19(16)26(20)14-17-10-5-7-11-18(17)24/h5-13H,14-15H2,1-4H3. The molecule has 0 unspecified atom stereocenters. The molecule has 3 aromatic rings. The molecule has 0 aliphatic carbocycles. The molecule has 2 aromatic carbocycles. The molecule has 0 aliphatic heterocycles. The van der Waals surface area contributed by atoms with Gasteiger partial charge in [0.05, 0.1) is 6.54 Å². The van der Waals surface area contributed by atoms with Crippen LogP contribution in [0, 0.1) is 5.82 Å². The van der Waals surface area contributed by atoms with Crippen LogP contribution >= 0.6 is 0 Å². The Labute approximate surface area is 169 Å². The number of amides is 1. The number of rotatable bonds is 5. The minimum Gasteiger partial charge on any atom is -0.459 e. The van der Waals surface area contributed by atoms with E-state index in [0.29, 0.717) is 11.3 Å². The molecule has 1 amide bonds. The molecule has 0 N–H and O–H groups in total. The second kappa shape index (κ2) is 8.07. The van der Waals surface area contributed by atoms with E-state index in [1.807, 2.05) is 24.3 Å². The van der Waals surface area contributed by atoms with Crippen molar-refractivity contribution in [2.75, 3.05) is 13.6 Å². The maximum absolute atomic E-state index is 14.2. The Morgan fingerprint density at radius 2 is 1.72 bits per heavy atom. The van der Waals surface area contributed by atoms with Crippen molar-refractivity contribution in [1.82, 2.24) is 9.47 Å². The van der Waals surface area contributed by atoms with E-state index in [4.69, 9.17) is 4.74 Å². The van der Waals surface area contributed by atoms with Crippen molar-refractivity contribution < 1.29 is 18.7 Å². The van der Waals surface area contributed by atoms with Gasteiger partial charge in [-0.1, -0.05) is 36.4 Å². The molecular weight excluding hydrogens is 371 g/mol. The van der Waals surface area contributed by atoms with E-state index in [1.165, 1.54) is 11.0 Å². The van der Waals surface area contributed by atoms with Crippen LogP contribution in [0.2, 0.25) is 0 Å². The van der Waals surface area contributed by atoms with Crippen LogP contribution in [-0.4, -0.2) is 40.5 Å².